The number of rotatable bonds is 6. The maximum absolute atomic E-state index is 12.8. The molecule has 1 amide bonds. The average molecular weight is 273 g/mol. The van der Waals surface area contributed by atoms with Gasteiger partial charge in [-0.2, -0.15) is 0 Å². The molecular formula is C11H12FNO4S. The molecule has 5 nitrogen and oxygen atoms in total. The van der Waals surface area contributed by atoms with Gasteiger partial charge in [0.25, 0.3) is 0 Å². The van der Waals surface area contributed by atoms with Gasteiger partial charge in [0, 0.05) is 22.2 Å². The highest BCUT2D eigenvalue weighted by Crippen LogP contribution is 2.08. The summed E-state index contributed by atoms with van der Waals surface area (Å²) in [6.45, 7) is 0. The van der Waals surface area contributed by atoms with Crippen LogP contribution in [0.5, 0.6) is 0 Å². The molecule has 1 aromatic rings. The van der Waals surface area contributed by atoms with Crippen LogP contribution in [0.4, 0.5) is 10.1 Å². The maximum Gasteiger partial charge on any atom is 0.304 e. The lowest BCUT2D eigenvalue weighted by molar-refractivity contribution is -0.136. The van der Waals surface area contributed by atoms with Gasteiger partial charge in [0.2, 0.25) is 5.91 Å². The second-order valence-corrected chi connectivity index (χ2v) is 5.07. The van der Waals surface area contributed by atoms with Crippen LogP contribution in [0.3, 0.4) is 0 Å². The number of halogens is 1. The van der Waals surface area contributed by atoms with E-state index in [1.165, 1.54) is 18.2 Å². The first-order chi connectivity index (χ1) is 8.47. The Morgan fingerprint density at radius 2 is 2.11 bits per heavy atom. The zero-order chi connectivity index (χ0) is 13.5. The summed E-state index contributed by atoms with van der Waals surface area (Å²) < 4.78 is 24.1. The number of hydrogen-bond acceptors (Lipinski definition) is 3. The van der Waals surface area contributed by atoms with E-state index in [4.69, 9.17) is 5.11 Å². The molecule has 18 heavy (non-hydrogen) atoms. The first-order valence-electron chi connectivity index (χ1n) is 5.09. The van der Waals surface area contributed by atoms with Crippen molar-refractivity contribution in [2.75, 3.05) is 16.8 Å². The molecule has 1 aromatic carbocycles. The number of benzene rings is 1. The smallest absolute Gasteiger partial charge is 0.304 e. The minimum atomic E-state index is -1.54. The molecule has 1 unspecified atom stereocenters. The number of anilines is 1. The summed E-state index contributed by atoms with van der Waals surface area (Å²) in [5.74, 6) is -2.46. The normalized spacial score (nSPS) is 11.8. The highest BCUT2D eigenvalue weighted by molar-refractivity contribution is 7.85. The molecule has 0 aliphatic heterocycles. The van der Waals surface area contributed by atoms with Crippen molar-refractivity contribution in [1.29, 1.82) is 0 Å². The summed E-state index contributed by atoms with van der Waals surface area (Å²) in [5, 5.41) is 10.8. The highest BCUT2D eigenvalue weighted by atomic mass is 32.2. The van der Waals surface area contributed by atoms with Gasteiger partial charge < -0.3 is 10.4 Å². The molecule has 0 aliphatic rings. The van der Waals surface area contributed by atoms with Gasteiger partial charge in [-0.1, -0.05) is 6.07 Å². The van der Waals surface area contributed by atoms with Crippen LogP contribution in [-0.2, 0) is 20.4 Å². The molecule has 0 fully saturated rings. The zero-order valence-corrected chi connectivity index (χ0v) is 10.2. The predicted octanol–water partition coefficient (Wildman–Crippen LogP) is 0.988. The van der Waals surface area contributed by atoms with Crippen LogP contribution in [0.25, 0.3) is 0 Å². The van der Waals surface area contributed by atoms with Crippen LogP contribution < -0.4 is 5.32 Å². The fourth-order valence-electron chi connectivity index (χ4n) is 1.18. The zero-order valence-electron chi connectivity index (χ0n) is 9.39. The average Bonchev–Trinajstić information content (AvgIpc) is 2.26. The SMILES string of the molecule is O=C(O)CCS(=O)CC(=O)Nc1cccc(F)c1. The number of amides is 1. The van der Waals surface area contributed by atoms with Gasteiger partial charge in [-0.05, 0) is 18.2 Å². The molecule has 0 bridgehead atoms. The lowest BCUT2D eigenvalue weighted by Crippen LogP contribution is -2.21. The largest absolute Gasteiger partial charge is 0.481 e. The summed E-state index contributed by atoms with van der Waals surface area (Å²) >= 11 is 0. The second kappa shape index (κ2) is 6.85. The van der Waals surface area contributed by atoms with E-state index in [2.05, 4.69) is 5.32 Å². The van der Waals surface area contributed by atoms with Crippen molar-refractivity contribution >= 4 is 28.4 Å². The Hall–Kier alpha value is -1.76. The third-order valence-corrected chi connectivity index (χ3v) is 3.19. The Labute approximate surface area is 105 Å². The van der Waals surface area contributed by atoms with E-state index in [-0.39, 0.29) is 23.6 Å². The Kier molecular flexibility index (Phi) is 5.44. The number of carbonyl (C=O) groups excluding carboxylic acids is 1. The van der Waals surface area contributed by atoms with Crippen molar-refractivity contribution in [3.63, 3.8) is 0 Å². The quantitative estimate of drug-likeness (QED) is 0.809. The van der Waals surface area contributed by atoms with Crippen LogP contribution in [0.15, 0.2) is 24.3 Å². The summed E-state index contributed by atoms with van der Waals surface area (Å²) in [4.78, 5) is 21.6. The molecule has 0 aliphatic carbocycles. The molecule has 0 saturated heterocycles. The van der Waals surface area contributed by atoms with Crippen molar-refractivity contribution in [2.24, 2.45) is 0 Å². The topological polar surface area (TPSA) is 83.5 Å². The molecule has 98 valence electrons. The fourth-order valence-corrected chi connectivity index (χ4v) is 2.09. The van der Waals surface area contributed by atoms with Crippen molar-refractivity contribution in [3.05, 3.63) is 30.1 Å². The fraction of sp³-hybridized carbons (Fsp3) is 0.273. The monoisotopic (exact) mass is 273 g/mol. The first-order valence-corrected chi connectivity index (χ1v) is 6.58. The van der Waals surface area contributed by atoms with E-state index in [1.54, 1.807) is 0 Å². The number of carbonyl (C=O) groups is 2. The van der Waals surface area contributed by atoms with Crippen LogP contribution in [0.2, 0.25) is 0 Å². The standard InChI is InChI=1S/C11H12FNO4S/c12-8-2-1-3-9(6-8)13-10(14)7-18(17)5-4-11(15)16/h1-3,6H,4-5,7H2,(H,13,14)(H,15,16). The second-order valence-electron chi connectivity index (χ2n) is 3.49. The van der Waals surface area contributed by atoms with Crippen molar-refractivity contribution in [3.8, 4) is 0 Å². The third kappa shape index (κ3) is 5.53. The molecule has 2 N–H and O–H groups in total. The van der Waals surface area contributed by atoms with Gasteiger partial charge >= 0.3 is 5.97 Å². The minimum absolute atomic E-state index is 0.0775. The van der Waals surface area contributed by atoms with Gasteiger partial charge in [0.15, 0.2) is 0 Å². The van der Waals surface area contributed by atoms with E-state index in [0.29, 0.717) is 0 Å². The molecule has 0 aromatic heterocycles. The van der Waals surface area contributed by atoms with E-state index in [1.807, 2.05) is 0 Å². The number of carboxylic acid groups (broad SMARTS) is 1. The highest BCUT2D eigenvalue weighted by Gasteiger charge is 2.10. The summed E-state index contributed by atoms with van der Waals surface area (Å²) in [6, 6.07) is 5.31. The number of aliphatic carboxylic acids is 1. The molecule has 1 atom stereocenters. The van der Waals surface area contributed by atoms with Crippen LogP contribution in [0.1, 0.15) is 6.42 Å². The van der Waals surface area contributed by atoms with Crippen molar-refractivity contribution in [2.45, 2.75) is 6.42 Å². The van der Waals surface area contributed by atoms with Crippen molar-refractivity contribution < 1.29 is 23.3 Å². The molecule has 0 spiro atoms. The van der Waals surface area contributed by atoms with E-state index in [0.717, 1.165) is 6.07 Å². The maximum atomic E-state index is 12.8. The van der Waals surface area contributed by atoms with Gasteiger partial charge in [0.05, 0.1) is 6.42 Å². The third-order valence-electron chi connectivity index (χ3n) is 1.94. The van der Waals surface area contributed by atoms with E-state index >= 15 is 0 Å². The van der Waals surface area contributed by atoms with Crippen LogP contribution >= 0.6 is 0 Å². The molecule has 7 heteroatoms. The van der Waals surface area contributed by atoms with E-state index < -0.39 is 28.5 Å². The lowest BCUT2D eigenvalue weighted by Gasteiger charge is -2.04. The number of nitrogens with one attached hydrogen (secondary N) is 1. The van der Waals surface area contributed by atoms with Gasteiger partial charge in [-0.25, -0.2) is 4.39 Å². The van der Waals surface area contributed by atoms with Gasteiger partial charge in [0.1, 0.15) is 11.6 Å². The van der Waals surface area contributed by atoms with Crippen LogP contribution in [-0.4, -0.2) is 32.7 Å². The summed E-state index contributed by atoms with van der Waals surface area (Å²) in [6.07, 6.45) is -0.250. The Bertz CT molecular complexity index is 478. The molecule has 0 heterocycles. The van der Waals surface area contributed by atoms with E-state index in [9.17, 15) is 18.2 Å². The summed E-state index contributed by atoms with van der Waals surface area (Å²) in [5.41, 5.74) is 0.273. The molecule has 1 rings (SSSR count). The predicted molar refractivity (Wildman–Crippen MR) is 65.2 cm³/mol. The number of hydrogen-bond donors (Lipinski definition) is 2. The van der Waals surface area contributed by atoms with Crippen molar-refractivity contribution in [1.82, 2.24) is 0 Å². The summed E-state index contributed by atoms with van der Waals surface area (Å²) in [7, 11) is -1.54. The Morgan fingerprint density at radius 1 is 1.39 bits per heavy atom. The molecular weight excluding hydrogens is 261 g/mol. The minimum Gasteiger partial charge on any atom is -0.481 e. The Morgan fingerprint density at radius 3 is 2.72 bits per heavy atom. The van der Waals surface area contributed by atoms with Gasteiger partial charge in [-0.3, -0.25) is 13.8 Å². The molecule has 0 saturated carbocycles. The number of carboxylic acids is 1. The Balaban J connectivity index is 2.42. The lowest BCUT2D eigenvalue weighted by atomic mass is 10.3. The van der Waals surface area contributed by atoms with Crippen LogP contribution in [0, 0.1) is 5.82 Å². The van der Waals surface area contributed by atoms with Gasteiger partial charge in [-0.15, -0.1) is 0 Å². The first kappa shape index (κ1) is 14.3. The molecule has 0 radical (unpaired) electrons.